The molecule has 0 saturated carbocycles. The van der Waals surface area contributed by atoms with Crippen LogP contribution >= 0.6 is 0 Å². The fourth-order valence-corrected chi connectivity index (χ4v) is 1.61. The second-order valence-corrected chi connectivity index (χ2v) is 3.73. The first-order valence-electron chi connectivity index (χ1n) is 5.27. The van der Waals surface area contributed by atoms with E-state index in [2.05, 4.69) is 54.4 Å². The highest BCUT2D eigenvalue weighted by Gasteiger charge is 2.02. The highest BCUT2D eigenvalue weighted by molar-refractivity contribution is 6.01. The molecule has 0 spiro atoms. The molecule has 0 heterocycles. The third-order valence-corrected chi connectivity index (χ3v) is 2.54. The maximum atomic E-state index is 4.63. The van der Waals surface area contributed by atoms with Gasteiger partial charge in [0.05, 0.1) is 6.54 Å². The number of rotatable bonds is 2. The van der Waals surface area contributed by atoms with Gasteiger partial charge in [-0.15, -0.1) is 0 Å². The van der Waals surface area contributed by atoms with Crippen LogP contribution in [0.4, 0.5) is 0 Å². The zero-order valence-corrected chi connectivity index (χ0v) is 8.98. The van der Waals surface area contributed by atoms with Crippen LogP contribution in [0.5, 0.6) is 0 Å². The minimum Gasteiger partial charge on any atom is -0.284 e. The summed E-state index contributed by atoms with van der Waals surface area (Å²) in [6.07, 6.45) is 7.33. The molecule has 1 nitrogen and oxygen atoms in total. The van der Waals surface area contributed by atoms with Crippen LogP contribution in [0.1, 0.15) is 18.9 Å². The molecule has 0 unspecified atom stereocenters. The topological polar surface area (TPSA) is 12.4 Å². The van der Waals surface area contributed by atoms with Crippen molar-refractivity contribution in [1.82, 2.24) is 0 Å². The summed E-state index contributed by atoms with van der Waals surface area (Å²) < 4.78 is 0. The Labute approximate surface area is 90.9 Å². The van der Waals surface area contributed by atoms with E-state index in [4.69, 9.17) is 0 Å². The van der Waals surface area contributed by atoms with Gasteiger partial charge in [-0.1, -0.05) is 48.6 Å². The van der Waals surface area contributed by atoms with Crippen molar-refractivity contribution in [3.63, 3.8) is 0 Å². The fourth-order valence-electron chi connectivity index (χ4n) is 1.61. The first-order valence-corrected chi connectivity index (χ1v) is 5.27. The van der Waals surface area contributed by atoms with Crippen molar-refractivity contribution in [2.75, 3.05) is 0 Å². The van der Waals surface area contributed by atoms with Crippen molar-refractivity contribution in [2.24, 2.45) is 4.99 Å². The van der Waals surface area contributed by atoms with E-state index in [1.807, 2.05) is 6.07 Å². The number of allylic oxidation sites excluding steroid dienone is 4. The van der Waals surface area contributed by atoms with Gasteiger partial charge in [0.15, 0.2) is 0 Å². The van der Waals surface area contributed by atoms with E-state index in [0.717, 1.165) is 13.0 Å². The first kappa shape index (κ1) is 9.91. The maximum absolute atomic E-state index is 4.63. The molecule has 1 aliphatic carbocycles. The lowest BCUT2D eigenvalue weighted by Crippen LogP contribution is -2.02. The zero-order valence-electron chi connectivity index (χ0n) is 8.98. The minimum absolute atomic E-state index is 0.787. The largest absolute Gasteiger partial charge is 0.284 e. The molecule has 0 amide bonds. The van der Waals surface area contributed by atoms with Crippen LogP contribution in [0, 0.1) is 0 Å². The Hall–Kier alpha value is -1.63. The van der Waals surface area contributed by atoms with E-state index >= 15 is 0 Å². The summed E-state index contributed by atoms with van der Waals surface area (Å²) in [5, 5.41) is 0. The van der Waals surface area contributed by atoms with Gasteiger partial charge in [0.2, 0.25) is 0 Å². The SMILES string of the molecule is CC1=CC=CCC1=NCc1ccccc1. The van der Waals surface area contributed by atoms with Crippen LogP contribution < -0.4 is 0 Å². The van der Waals surface area contributed by atoms with E-state index < -0.39 is 0 Å². The standard InChI is InChI=1S/C14H15N/c1-12-7-5-6-10-14(12)15-11-13-8-3-2-4-9-13/h2-9H,10-11H2,1H3. The van der Waals surface area contributed by atoms with E-state index in [0.29, 0.717) is 0 Å². The molecular weight excluding hydrogens is 182 g/mol. The van der Waals surface area contributed by atoms with Crippen LogP contribution in [-0.2, 0) is 6.54 Å². The van der Waals surface area contributed by atoms with Gasteiger partial charge >= 0.3 is 0 Å². The Morgan fingerprint density at radius 3 is 2.73 bits per heavy atom. The molecule has 1 heteroatoms. The van der Waals surface area contributed by atoms with Crippen molar-refractivity contribution in [2.45, 2.75) is 19.9 Å². The van der Waals surface area contributed by atoms with Gasteiger partial charge in [-0.25, -0.2) is 0 Å². The molecule has 0 aliphatic heterocycles. The van der Waals surface area contributed by atoms with Crippen LogP contribution in [0.2, 0.25) is 0 Å². The average Bonchev–Trinajstić information content (AvgIpc) is 2.29. The lowest BCUT2D eigenvalue weighted by Gasteiger charge is -2.07. The smallest absolute Gasteiger partial charge is 0.0643 e. The maximum Gasteiger partial charge on any atom is 0.0643 e. The molecule has 0 radical (unpaired) electrons. The average molecular weight is 197 g/mol. The van der Waals surface area contributed by atoms with E-state index in [1.165, 1.54) is 16.8 Å². The molecule has 15 heavy (non-hydrogen) atoms. The lowest BCUT2D eigenvalue weighted by molar-refractivity contribution is 1.05. The molecule has 0 bridgehead atoms. The van der Waals surface area contributed by atoms with Crippen molar-refractivity contribution >= 4 is 5.71 Å². The van der Waals surface area contributed by atoms with Crippen LogP contribution in [0.25, 0.3) is 0 Å². The lowest BCUT2D eigenvalue weighted by atomic mass is 10.0. The molecule has 1 aromatic rings. The summed E-state index contributed by atoms with van der Waals surface area (Å²) in [5.74, 6) is 0. The molecule has 1 aliphatic rings. The van der Waals surface area contributed by atoms with Crippen LogP contribution in [-0.4, -0.2) is 5.71 Å². The molecule has 0 N–H and O–H groups in total. The Morgan fingerprint density at radius 2 is 2.00 bits per heavy atom. The van der Waals surface area contributed by atoms with Gasteiger partial charge in [0.1, 0.15) is 0 Å². The molecule has 0 aromatic heterocycles. The van der Waals surface area contributed by atoms with Crippen LogP contribution in [0.15, 0.2) is 59.1 Å². The third kappa shape index (κ3) is 2.66. The molecule has 1 aromatic carbocycles. The fraction of sp³-hybridized carbons (Fsp3) is 0.214. The molecular formula is C14H15N. The number of aliphatic imine (C=N–C) groups is 1. The summed E-state index contributed by atoms with van der Waals surface area (Å²) in [4.78, 5) is 4.63. The highest BCUT2D eigenvalue weighted by atomic mass is 14.7. The molecule has 76 valence electrons. The first-order chi connectivity index (χ1) is 7.36. The predicted octanol–water partition coefficient (Wildman–Crippen LogP) is 3.53. The number of hydrogen-bond donors (Lipinski definition) is 0. The normalized spacial score (nSPS) is 17.9. The zero-order chi connectivity index (χ0) is 10.5. The second kappa shape index (κ2) is 4.74. The quantitative estimate of drug-likeness (QED) is 0.687. The summed E-state index contributed by atoms with van der Waals surface area (Å²) >= 11 is 0. The monoisotopic (exact) mass is 197 g/mol. The van der Waals surface area contributed by atoms with Crippen molar-refractivity contribution < 1.29 is 0 Å². The van der Waals surface area contributed by atoms with E-state index in [1.54, 1.807) is 0 Å². The van der Waals surface area contributed by atoms with Crippen molar-refractivity contribution in [3.8, 4) is 0 Å². The van der Waals surface area contributed by atoms with E-state index in [9.17, 15) is 0 Å². The van der Waals surface area contributed by atoms with Gasteiger partial charge in [-0.05, 0) is 18.1 Å². The summed E-state index contributed by atoms with van der Waals surface area (Å²) in [7, 11) is 0. The van der Waals surface area contributed by atoms with Crippen molar-refractivity contribution in [3.05, 3.63) is 59.7 Å². The Morgan fingerprint density at radius 1 is 1.20 bits per heavy atom. The Bertz CT molecular complexity index is 410. The predicted molar refractivity (Wildman–Crippen MR) is 65.1 cm³/mol. The van der Waals surface area contributed by atoms with Gasteiger partial charge in [0.25, 0.3) is 0 Å². The summed E-state index contributed by atoms with van der Waals surface area (Å²) in [6, 6.07) is 10.4. The van der Waals surface area contributed by atoms with Crippen molar-refractivity contribution in [1.29, 1.82) is 0 Å². The van der Waals surface area contributed by atoms with Gasteiger partial charge in [-0.2, -0.15) is 0 Å². The molecule has 0 fully saturated rings. The molecule has 0 saturated heterocycles. The number of hydrogen-bond acceptors (Lipinski definition) is 1. The number of nitrogens with zero attached hydrogens (tertiary/aromatic N) is 1. The van der Waals surface area contributed by atoms with E-state index in [-0.39, 0.29) is 0 Å². The highest BCUT2D eigenvalue weighted by Crippen LogP contribution is 2.10. The molecule has 2 rings (SSSR count). The molecule has 0 atom stereocenters. The summed E-state index contributed by atoms with van der Waals surface area (Å²) in [6.45, 7) is 2.91. The Balaban J connectivity index is 2.06. The minimum atomic E-state index is 0.787. The third-order valence-electron chi connectivity index (χ3n) is 2.54. The summed E-state index contributed by atoms with van der Waals surface area (Å²) in [5.41, 5.74) is 3.77. The Kier molecular flexibility index (Phi) is 3.13. The number of benzene rings is 1. The second-order valence-electron chi connectivity index (χ2n) is 3.73. The van der Waals surface area contributed by atoms with Gasteiger partial charge in [-0.3, -0.25) is 4.99 Å². The van der Waals surface area contributed by atoms with Crippen LogP contribution in [0.3, 0.4) is 0 Å². The van der Waals surface area contributed by atoms with Gasteiger partial charge < -0.3 is 0 Å². The van der Waals surface area contributed by atoms with Gasteiger partial charge in [0, 0.05) is 12.1 Å².